The first-order valence-corrected chi connectivity index (χ1v) is 9.18. The van der Waals surface area contributed by atoms with Crippen molar-refractivity contribution in [2.45, 2.75) is 43.5 Å². The number of rotatable bonds is 5. The topological polar surface area (TPSA) is 46.6 Å². The zero-order valence-corrected chi connectivity index (χ0v) is 14.5. The molecule has 1 atom stereocenters. The molecule has 1 aromatic carbocycles. The molecule has 5 heteroatoms. The Morgan fingerprint density at radius 1 is 1.35 bits per heavy atom. The van der Waals surface area contributed by atoms with Gasteiger partial charge in [-0.25, -0.2) is 8.42 Å². The number of aryl methyl sites for hydroxylation is 1. The molecule has 1 aliphatic rings. The van der Waals surface area contributed by atoms with Gasteiger partial charge < -0.3 is 4.74 Å². The molecule has 124 valence electrons. The van der Waals surface area contributed by atoms with Crippen LogP contribution in [-0.4, -0.2) is 32.4 Å². The minimum absolute atomic E-state index is 0.0575. The molecule has 1 saturated carbocycles. The van der Waals surface area contributed by atoms with Crippen molar-refractivity contribution < 1.29 is 13.2 Å². The molecule has 0 saturated heterocycles. The number of methoxy groups -OCH3 is 1. The van der Waals surface area contributed by atoms with E-state index in [1.807, 2.05) is 6.92 Å². The van der Waals surface area contributed by atoms with E-state index in [1.165, 1.54) is 4.31 Å². The van der Waals surface area contributed by atoms with Gasteiger partial charge in [0.1, 0.15) is 0 Å². The summed E-state index contributed by atoms with van der Waals surface area (Å²) in [6, 6.07) is 6.64. The maximum absolute atomic E-state index is 13.0. The molecule has 0 amide bonds. The molecule has 1 unspecified atom stereocenters. The normalized spacial score (nSPS) is 20.4. The van der Waals surface area contributed by atoms with E-state index in [9.17, 15) is 8.42 Å². The molecule has 4 nitrogen and oxygen atoms in total. The van der Waals surface area contributed by atoms with Gasteiger partial charge in [0.15, 0.2) is 0 Å². The molecule has 1 aromatic rings. The van der Waals surface area contributed by atoms with Gasteiger partial charge in [-0.05, 0) is 43.9 Å². The molecule has 0 bridgehead atoms. The smallest absolute Gasteiger partial charge is 0.244 e. The highest BCUT2D eigenvalue weighted by Gasteiger charge is 2.34. The van der Waals surface area contributed by atoms with Gasteiger partial charge in [-0.3, -0.25) is 0 Å². The fourth-order valence-electron chi connectivity index (χ4n) is 2.93. The zero-order valence-electron chi connectivity index (χ0n) is 13.7. The molecule has 1 fully saturated rings. The number of hydrogen-bond donors (Lipinski definition) is 0. The van der Waals surface area contributed by atoms with E-state index in [4.69, 9.17) is 11.2 Å². The number of benzene rings is 1. The van der Waals surface area contributed by atoms with Crippen LogP contribution in [0.1, 0.15) is 31.2 Å². The van der Waals surface area contributed by atoms with E-state index in [-0.39, 0.29) is 17.5 Å². The van der Waals surface area contributed by atoms with Gasteiger partial charge in [-0.15, -0.1) is 6.42 Å². The standard InChI is InChI=1S/C18H23NO3S/c1-4-13-19(18-8-6-5-7-16(18)14-22-3)23(20,21)17-11-9-15(2)10-12-17/h1,9-12,14,18H,5-8,13H2,2-3H3. The van der Waals surface area contributed by atoms with E-state index in [1.54, 1.807) is 37.6 Å². The zero-order chi connectivity index (χ0) is 16.9. The second-order valence-corrected chi connectivity index (χ2v) is 7.65. The van der Waals surface area contributed by atoms with Gasteiger partial charge in [0.05, 0.1) is 30.9 Å². The van der Waals surface area contributed by atoms with Crippen LogP contribution in [0.4, 0.5) is 0 Å². The lowest BCUT2D eigenvalue weighted by atomic mass is 9.91. The minimum Gasteiger partial charge on any atom is -0.504 e. The van der Waals surface area contributed by atoms with Crippen molar-refractivity contribution in [1.29, 1.82) is 0 Å². The third-order valence-electron chi connectivity index (χ3n) is 4.11. The average molecular weight is 333 g/mol. The number of sulfonamides is 1. The Kier molecular flexibility index (Phi) is 5.86. The second kappa shape index (κ2) is 7.67. The third kappa shape index (κ3) is 3.95. The van der Waals surface area contributed by atoms with Gasteiger partial charge >= 0.3 is 0 Å². The van der Waals surface area contributed by atoms with E-state index >= 15 is 0 Å². The van der Waals surface area contributed by atoms with E-state index < -0.39 is 10.0 Å². The van der Waals surface area contributed by atoms with Crippen LogP contribution in [0.3, 0.4) is 0 Å². The summed E-state index contributed by atoms with van der Waals surface area (Å²) in [7, 11) is -2.05. The number of ether oxygens (including phenoxy) is 1. The predicted molar refractivity (Wildman–Crippen MR) is 91.3 cm³/mol. The van der Waals surface area contributed by atoms with E-state index in [0.717, 1.165) is 36.8 Å². The number of hydrogen-bond acceptors (Lipinski definition) is 3. The van der Waals surface area contributed by atoms with Gasteiger partial charge in [-0.1, -0.05) is 30.0 Å². The summed E-state index contributed by atoms with van der Waals surface area (Å²) in [6.07, 6.45) is 10.7. The van der Waals surface area contributed by atoms with Gasteiger partial charge in [0.2, 0.25) is 10.0 Å². The van der Waals surface area contributed by atoms with E-state index in [2.05, 4.69) is 5.92 Å². The average Bonchev–Trinajstić information content (AvgIpc) is 2.54. The molecule has 2 rings (SSSR count). The highest BCUT2D eigenvalue weighted by Crippen LogP contribution is 2.31. The molecule has 0 N–H and O–H groups in total. The maximum Gasteiger partial charge on any atom is 0.244 e. The van der Waals surface area contributed by atoms with Crippen molar-refractivity contribution in [3.05, 3.63) is 41.7 Å². The lowest BCUT2D eigenvalue weighted by Crippen LogP contribution is -2.43. The third-order valence-corrected chi connectivity index (χ3v) is 5.98. The van der Waals surface area contributed by atoms with E-state index in [0.29, 0.717) is 0 Å². The largest absolute Gasteiger partial charge is 0.504 e. The van der Waals surface area contributed by atoms with Gasteiger partial charge in [0.25, 0.3) is 0 Å². The molecular formula is C18H23NO3S. The Balaban J connectivity index is 2.42. The van der Waals surface area contributed by atoms with Crippen LogP contribution < -0.4 is 0 Å². The van der Waals surface area contributed by atoms with Crippen molar-refractivity contribution >= 4 is 10.0 Å². The van der Waals surface area contributed by atoms with Crippen molar-refractivity contribution in [1.82, 2.24) is 4.31 Å². The molecule has 23 heavy (non-hydrogen) atoms. The van der Waals surface area contributed by atoms with Crippen LogP contribution in [0.5, 0.6) is 0 Å². The van der Waals surface area contributed by atoms with Crippen molar-refractivity contribution in [3.63, 3.8) is 0 Å². The Labute approximate surface area is 139 Å². The van der Waals surface area contributed by atoms with Crippen LogP contribution in [0.25, 0.3) is 0 Å². The highest BCUT2D eigenvalue weighted by atomic mass is 32.2. The first-order valence-electron chi connectivity index (χ1n) is 7.74. The quantitative estimate of drug-likeness (QED) is 0.614. The Morgan fingerprint density at radius 2 is 2.04 bits per heavy atom. The summed E-state index contributed by atoms with van der Waals surface area (Å²) in [5.41, 5.74) is 2.01. The number of nitrogens with zero attached hydrogens (tertiary/aromatic N) is 1. The summed E-state index contributed by atoms with van der Waals surface area (Å²) in [5, 5.41) is 0. The highest BCUT2D eigenvalue weighted by molar-refractivity contribution is 7.89. The predicted octanol–water partition coefficient (Wildman–Crippen LogP) is 3.09. The lowest BCUT2D eigenvalue weighted by molar-refractivity contribution is 0.292. The SMILES string of the molecule is C#CCN(C1CCCCC1=COC)S(=O)(=O)c1ccc(C)cc1. The first kappa shape index (κ1) is 17.6. The Bertz CT molecular complexity index is 699. The maximum atomic E-state index is 13.0. The summed E-state index contributed by atoms with van der Waals surface area (Å²) < 4.78 is 32.7. The Morgan fingerprint density at radius 3 is 2.65 bits per heavy atom. The second-order valence-electron chi connectivity index (χ2n) is 5.76. The first-order chi connectivity index (χ1) is 11.0. The van der Waals surface area contributed by atoms with Gasteiger partial charge in [-0.2, -0.15) is 4.31 Å². The number of terminal acetylenes is 1. The monoisotopic (exact) mass is 333 g/mol. The van der Waals surface area contributed by atoms with Crippen LogP contribution >= 0.6 is 0 Å². The molecule has 0 radical (unpaired) electrons. The molecule has 0 aliphatic heterocycles. The molecule has 1 aliphatic carbocycles. The summed E-state index contributed by atoms with van der Waals surface area (Å²) in [5.74, 6) is 2.49. The fraction of sp³-hybridized carbons (Fsp3) is 0.444. The fourth-order valence-corrected chi connectivity index (χ4v) is 4.51. The van der Waals surface area contributed by atoms with Crippen LogP contribution in [0.15, 0.2) is 41.0 Å². The summed E-state index contributed by atoms with van der Waals surface area (Å²) >= 11 is 0. The molecule has 0 spiro atoms. The summed E-state index contributed by atoms with van der Waals surface area (Å²) in [6.45, 7) is 1.98. The molecule has 0 aromatic heterocycles. The van der Waals surface area contributed by atoms with Crippen LogP contribution in [0.2, 0.25) is 0 Å². The molecular weight excluding hydrogens is 310 g/mol. The molecule has 0 heterocycles. The minimum atomic E-state index is -3.64. The van der Waals surface area contributed by atoms with Crippen LogP contribution in [0, 0.1) is 19.3 Å². The van der Waals surface area contributed by atoms with Crippen molar-refractivity contribution in [2.24, 2.45) is 0 Å². The van der Waals surface area contributed by atoms with Crippen molar-refractivity contribution in [2.75, 3.05) is 13.7 Å². The van der Waals surface area contributed by atoms with Crippen LogP contribution in [-0.2, 0) is 14.8 Å². The lowest BCUT2D eigenvalue weighted by Gasteiger charge is -2.34. The summed E-state index contributed by atoms with van der Waals surface area (Å²) in [4.78, 5) is 0.278. The van der Waals surface area contributed by atoms with Crippen molar-refractivity contribution in [3.8, 4) is 12.3 Å². The van der Waals surface area contributed by atoms with Gasteiger partial charge in [0, 0.05) is 0 Å². The Hall–Kier alpha value is -1.77.